The molecule has 1 unspecified atom stereocenters. The number of nitrogens with zero attached hydrogens (tertiary/aromatic N) is 3. The summed E-state index contributed by atoms with van der Waals surface area (Å²) in [6, 6.07) is 0. The van der Waals surface area contributed by atoms with Gasteiger partial charge in [-0.15, -0.1) is 5.10 Å². The lowest BCUT2D eigenvalue weighted by molar-refractivity contribution is 0.184. The average molecular weight is 216 g/mol. The van der Waals surface area contributed by atoms with E-state index in [2.05, 4.69) is 29.0 Å². The van der Waals surface area contributed by atoms with E-state index < -0.39 is 0 Å². The molecular formula is C9H14ClN3O. The van der Waals surface area contributed by atoms with Crippen LogP contribution in [0.4, 0.5) is 0 Å². The van der Waals surface area contributed by atoms with Crippen LogP contribution in [-0.2, 0) is 0 Å². The number of halogens is 1. The van der Waals surface area contributed by atoms with E-state index in [9.17, 15) is 0 Å². The summed E-state index contributed by atoms with van der Waals surface area (Å²) in [6.45, 7) is 6.28. The number of rotatable bonds is 4. The third-order valence-electron chi connectivity index (χ3n) is 1.64. The second-order valence-corrected chi connectivity index (χ2v) is 3.96. The van der Waals surface area contributed by atoms with E-state index in [0.717, 1.165) is 6.42 Å². The van der Waals surface area contributed by atoms with Gasteiger partial charge in [0.25, 0.3) is 0 Å². The molecule has 14 heavy (non-hydrogen) atoms. The molecule has 0 aromatic carbocycles. The van der Waals surface area contributed by atoms with Gasteiger partial charge in [0, 0.05) is 0 Å². The van der Waals surface area contributed by atoms with Crippen LogP contribution in [0.25, 0.3) is 0 Å². The summed E-state index contributed by atoms with van der Waals surface area (Å²) in [5.74, 6) is 1.02. The van der Waals surface area contributed by atoms with Crippen molar-refractivity contribution in [1.82, 2.24) is 15.2 Å². The van der Waals surface area contributed by atoms with E-state index in [-0.39, 0.29) is 11.4 Å². The van der Waals surface area contributed by atoms with Gasteiger partial charge in [0.2, 0.25) is 11.2 Å². The van der Waals surface area contributed by atoms with Gasteiger partial charge in [0.05, 0.1) is 6.10 Å². The molecule has 0 amide bonds. The second kappa shape index (κ2) is 5.10. The van der Waals surface area contributed by atoms with Gasteiger partial charge < -0.3 is 4.74 Å². The molecule has 78 valence electrons. The Morgan fingerprint density at radius 2 is 2.14 bits per heavy atom. The molecule has 0 aliphatic heterocycles. The van der Waals surface area contributed by atoms with E-state index in [4.69, 9.17) is 16.3 Å². The fourth-order valence-corrected chi connectivity index (χ4v) is 1.37. The molecule has 1 heterocycles. The first-order chi connectivity index (χ1) is 6.58. The van der Waals surface area contributed by atoms with E-state index in [1.807, 2.05) is 6.92 Å². The molecule has 0 saturated carbocycles. The van der Waals surface area contributed by atoms with E-state index in [1.54, 1.807) is 0 Å². The van der Waals surface area contributed by atoms with Gasteiger partial charge in [-0.2, -0.15) is 10.1 Å². The van der Waals surface area contributed by atoms with Crippen molar-refractivity contribution in [2.75, 3.05) is 0 Å². The highest BCUT2D eigenvalue weighted by Gasteiger charge is 2.08. The molecular weight excluding hydrogens is 202 g/mol. The first-order valence-corrected chi connectivity index (χ1v) is 4.97. The highest BCUT2D eigenvalue weighted by Crippen LogP contribution is 2.13. The Morgan fingerprint density at radius 3 is 2.71 bits per heavy atom. The number of hydrogen-bond acceptors (Lipinski definition) is 4. The molecule has 4 nitrogen and oxygen atoms in total. The van der Waals surface area contributed by atoms with Crippen LogP contribution in [0.5, 0.6) is 5.88 Å². The Bertz CT molecular complexity index is 293. The lowest BCUT2D eigenvalue weighted by atomic mass is 10.1. The van der Waals surface area contributed by atoms with Gasteiger partial charge in [0.1, 0.15) is 6.20 Å². The van der Waals surface area contributed by atoms with Crippen molar-refractivity contribution in [3.8, 4) is 5.88 Å². The molecule has 1 aromatic heterocycles. The summed E-state index contributed by atoms with van der Waals surface area (Å²) < 4.78 is 5.51. The first-order valence-electron chi connectivity index (χ1n) is 4.60. The van der Waals surface area contributed by atoms with Crippen LogP contribution in [0.1, 0.15) is 27.2 Å². The van der Waals surface area contributed by atoms with Gasteiger partial charge in [-0.25, -0.2) is 0 Å². The SMILES string of the molecule is CC(C)CC(C)Oc1cnnc(Cl)n1. The summed E-state index contributed by atoms with van der Waals surface area (Å²) in [5, 5.41) is 7.29. The van der Waals surface area contributed by atoms with Crippen LogP contribution in [0.3, 0.4) is 0 Å². The summed E-state index contributed by atoms with van der Waals surface area (Å²) in [5.41, 5.74) is 0. The maximum Gasteiger partial charge on any atom is 0.246 e. The molecule has 0 radical (unpaired) electrons. The highest BCUT2D eigenvalue weighted by molar-refractivity contribution is 6.28. The predicted octanol–water partition coefficient (Wildman–Crippen LogP) is 2.34. The zero-order valence-electron chi connectivity index (χ0n) is 8.57. The van der Waals surface area contributed by atoms with Crippen LogP contribution in [0.15, 0.2) is 6.20 Å². The summed E-state index contributed by atoms with van der Waals surface area (Å²) in [7, 11) is 0. The van der Waals surface area contributed by atoms with Gasteiger partial charge in [0.15, 0.2) is 0 Å². The average Bonchev–Trinajstić information content (AvgIpc) is 2.01. The molecule has 0 spiro atoms. The second-order valence-electron chi connectivity index (χ2n) is 3.62. The zero-order chi connectivity index (χ0) is 10.6. The Morgan fingerprint density at radius 1 is 1.43 bits per heavy atom. The minimum atomic E-state index is 0.110. The van der Waals surface area contributed by atoms with Crippen molar-refractivity contribution in [3.63, 3.8) is 0 Å². The van der Waals surface area contributed by atoms with Gasteiger partial charge in [-0.3, -0.25) is 0 Å². The zero-order valence-corrected chi connectivity index (χ0v) is 9.32. The Balaban J connectivity index is 2.51. The maximum atomic E-state index is 5.57. The van der Waals surface area contributed by atoms with E-state index in [1.165, 1.54) is 6.20 Å². The van der Waals surface area contributed by atoms with Crippen molar-refractivity contribution >= 4 is 11.6 Å². The monoisotopic (exact) mass is 215 g/mol. The normalized spacial score (nSPS) is 12.9. The van der Waals surface area contributed by atoms with Crippen molar-refractivity contribution in [3.05, 3.63) is 11.5 Å². The van der Waals surface area contributed by atoms with Crippen molar-refractivity contribution in [1.29, 1.82) is 0 Å². The molecule has 0 aliphatic carbocycles. The predicted molar refractivity (Wildman–Crippen MR) is 54.4 cm³/mol. The summed E-state index contributed by atoms with van der Waals surface area (Å²) >= 11 is 5.57. The largest absolute Gasteiger partial charge is 0.473 e. The summed E-state index contributed by atoms with van der Waals surface area (Å²) in [4.78, 5) is 3.89. The minimum absolute atomic E-state index is 0.110. The molecule has 1 atom stereocenters. The van der Waals surface area contributed by atoms with Crippen LogP contribution in [-0.4, -0.2) is 21.3 Å². The van der Waals surface area contributed by atoms with Crippen LogP contribution in [0.2, 0.25) is 5.28 Å². The van der Waals surface area contributed by atoms with Gasteiger partial charge >= 0.3 is 0 Å². The Labute approximate surface area is 88.7 Å². The van der Waals surface area contributed by atoms with Crippen LogP contribution >= 0.6 is 11.6 Å². The lowest BCUT2D eigenvalue weighted by Crippen LogP contribution is -2.15. The molecule has 5 heteroatoms. The summed E-state index contributed by atoms with van der Waals surface area (Å²) in [6.07, 6.45) is 2.55. The van der Waals surface area contributed by atoms with Crippen LogP contribution < -0.4 is 4.74 Å². The molecule has 1 aromatic rings. The smallest absolute Gasteiger partial charge is 0.246 e. The van der Waals surface area contributed by atoms with E-state index >= 15 is 0 Å². The van der Waals surface area contributed by atoms with Crippen molar-refractivity contribution < 1.29 is 4.74 Å². The maximum absolute atomic E-state index is 5.57. The minimum Gasteiger partial charge on any atom is -0.473 e. The van der Waals surface area contributed by atoms with Crippen molar-refractivity contribution in [2.45, 2.75) is 33.3 Å². The fraction of sp³-hybridized carbons (Fsp3) is 0.667. The molecule has 1 rings (SSSR count). The number of ether oxygens (including phenoxy) is 1. The van der Waals surface area contributed by atoms with Gasteiger partial charge in [-0.05, 0) is 30.9 Å². The fourth-order valence-electron chi connectivity index (χ4n) is 1.24. The third-order valence-corrected chi connectivity index (χ3v) is 1.80. The molecule has 0 saturated heterocycles. The molecule has 0 fully saturated rings. The van der Waals surface area contributed by atoms with Crippen molar-refractivity contribution in [2.24, 2.45) is 5.92 Å². The number of aromatic nitrogens is 3. The topological polar surface area (TPSA) is 47.9 Å². The van der Waals surface area contributed by atoms with E-state index in [0.29, 0.717) is 11.8 Å². The standard InChI is InChI=1S/C9H14ClN3O/c1-6(2)4-7(3)14-8-5-11-13-9(10)12-8/h5-7H,4H2,1-3H3. The van der Waals surface area contributed by atoms with Crippen LogP contribution in [0, 0.1) is 5.92 Å². The molecule has 0 N–H and O–H groups in total. The number of hydrogen-bond donors (Lipinski definition) is 0. The third kappa shape index (κ3) is 3.87. The Kier molecular flexibility index (Phi) is 4.07. The molecule has 0 bridgehead atoms. The first kappa shape index (κ1) is 11.2. The quantitative estimate of drug-likeness (QED) is 0.774. The van der Waals surface area contributed by atoms with Gasteiger partial charge in [-0.1, -0.05) is 13.8 Å². The Hall–Kier alpha value is -0.900. The molecule has 0 aliphatic rings. The highest BCUT2D eigenvalue weighted by atomic mass is 35.5. The lowest BCUT2D eigenvalue weighted by Gasteiger charge is -2.14.